The highest BCUT2D eigenvalue weighted by atomic mass is 32.2. The van der Waals surface area contributed by atoms with Gasteiger partial charge in [-0.3, -0.25) is 4.57 Å². The van der Waals surface area contributed by atoms with Crippen molar-refractivity contribution in [2.75, 3.05) is 0 Å². The quantitative estimate of drug-likeness (QED) is 0.880. The van der Waals surface area contributed by atoms with Crippen LogP contribution in [0.15, 0.2) is 39.1 Å². The normalized spacial score (nSPS) is 12.6. The Kier molecular flexibility index (Phi) is 3.88. The first-order valence-corrected chi connectivity index (χ1v) is 6.59. The van der Waals surface area contributed by atoms with E-state index in [1.54, 1.807) is 7.05 Å². The maximum atomic E-state index is 11.3. The summed E-state index contributed by atoms with van der Waals surface area (Å²) in [7, 11) is 1.69. The number of H-pyrrole nitrogens is 1. The van der Waals surface area contributed by atoms with Gasteiger partial charge in [0, 0.05) is 18.0 Å². The Morgan fingerprint density at radius 3 is 2.83 bits per heavy atom. The van der Waals surface area contributed by atoms with Gasteiger partial charge in [0.2, 0.25) is 0 Å². The van der Waals surface area contributed by atoms with E-state index in [0.29, 0.717) is 5.16 Å². The van der Waals surface area contributed by atoms with Crippen molar-refractivity contribution in [3.8, 4) is 0 Å². The van der Waals surface area contributed by atoms with Crippen LogP contribution in [-0.2, 0) is 7.05 Å². The van der Waals surface area contributed by atoms with Crippen LogP contribution in [0.5, 0.6) is 0 Å². The Bertz CT molecular complexity index is 590. The van der Waals surface area contributed by atoms with Crippen LogP contribution in [0.3, 0.4) is 0 Å². The highest BCUT2D eigenvalue weighted by Gasteiger charge is 2.12. The van der Waals surface area contributed by atoms with Crippen molar-refractivity contribution in [2.45, 2.75) is 29.4 Å². The highest BCUT2D eigenvalue weighted by molar-refractivity contribution is 7.99. The lowest BCUT2D eigenvalue weighted by Gasteiger charge is -2.13. The van der Waals surface area contributed by atoms with Gasteiger partial charge in [0.25, 0.3) is 0 Å². The zero-order chi connectivity index (χ0) is 13.1. The Hall–Kier alpha value is -1.53. The second-order valence-corrected chi connectivity index (χ2v) is 5.03. The molecule has 0 spiro atoms. The molecule has 1 aromatic carbocycles. The van der Waals surface area contributed by atoms with Gasteiger partial charge in [0.15, 0.2) is 5.16 Å². The minimum atomic E-state index is -0.213. The van der Waals surface area contributed by atoms with Crippen LogP contribution < -0.4 is 11.4 Å². The van der Waals surface area contributed by atoms with Gasteiger partial charge >= 0.3 is 5.69 Å². The molecule has 18 heavy (non-hydrogen) atoms. The third-order valence-electron chi connectivity index (χ3n) is 2.80. The van der Waals surface area contributed by atoms with E-state index >= 15 is 0 Å². The molecule has 0 saturated heterocycles. The van der Waals surface area contributed by atoms with E-state index in [2.05, 4.69) is 17.1 Å². The Labute approximate surface area is 109 Å². The number of nitrogens with one attached hydrogen (secondary N) is 1. The molecule has 1 aromatic heterocycles. The fourth-order valence-electron chi connectivity index (χ4n) is 1.62. The maximum absolute atomic E-state index is 11.3. The Morgan fingerprint density at radius 2 is 2.22 bits per heavy atom. The zero-order valence-electron chi connectivity index (χ0n) is 10.4. The van der Waals surface area contributed by atoms with E-state index in [4.69, 9.17) is 5.73 Å². The number of nitrogens with two attached hydrogens (primary N) is 1. The minimum absolute atomic E-state index is 0.00432. The van der Waals surface area contributed by atoms with Crippen LogP contribution in [0.25, 0.3) is 0 Å². The number of aromatic nitrogens is 3. The van der Waals surface area contributed by atoms with E-state index in [1.807, 2.05) is 24.3 Å². The fourth-order valence-corrected chi connectivity index (χ4v) is 2.61. The van der Waals surface area contributed by atoms with E-state index in [9.17, 15) is 4.79 Å². The Balaban J connectivity index is 2.34. The van der Waals surface area contributed by atoms with E-state index in [1.165, 1.54) is 16.3 Å². The molecule has 0 saturated carbocycles. The molecule has 96 valence electrons. The standard InChI is InChI=1S/C12H16N4OS/c1-3-9(13)8-6-4-5-7-10(8)18-12-15-14-11(17)16(12)2/h4-7,9H,3,13H2,1-2H3,(H,14,17)/t9-/m1/s1. The predicted octanol–water partition coefficient (Wildman–Crippen LogP) is 1.67. The van der Waals surface area contributed by atoms with Gasteiger partial charge in [-0.25, -0.2) is 9.89 Å². The first-order chi connectivity index (χ1) is 8.63. The van der Waals surface area contributed by atoms with Crippen LogP contribution >= 0.6 is 11.8 Å². The van der Waals surface area contributed by atoms with Crippen LogP contribution in [0.2, 0.25) is 0 Å². The smallest absolute Gasteiger partial charge is 0.324 e. The number of benzene rings is 1. The van der Waals surface area contributed by atoms with Gasteiger partial charge in [-0.2, -0.15) is 0 Å². The minimum Gasteiger partial charge on any atom is -0.324 e. The van der Waals surface area contributed by atoms with Crippen molar-refractivity contribution in [1.82, 2.24) is 14.8 Å². The molecule has 0 unspecified atom stereocenters. The molecule has 0 aliphatic carbocycles. The van der Waals surface area contributed by atoms with Crippen LogP contribution in [0.1, 0.15) is 24.9 Å². The summed E-state index contributed by atoms with van der Waals surface area (Å²) in [5.41, 5.74) is 6.95. The lowest BCUT2D eigenvalue weighted by atomic mass is 10.1. The van der Waals surface area contributed by atoms with Crippen molar-refractivity contribution in [2.24, 2.45) is 12.8 Å². The van der Waals surface area contributed by atoms with Crippen molar-refractivity contribution < 1.29 is 0 Å². The molecule has 0 amide bonds. The lowest BCUT2D eigenvalue weighted by Crippen LogP contribution is -2.13. The third-order valence-corrected chi connectivity index (χ3v) is 3.94. The summed E-state index contributed by atoms with van der Waals surface area (Å²) in [6.45, 7) is 2.05. The molecule has 1 atom stereocenters. The van der Waals surface area contributed by atoms with Crippen molar-refractivity contribution >= 4 is 11.8 Å². The van der Waals surface area contributed by atoms with Crippen molar-refractivity contribution in [3.63, 3.8) is 0 Å². The predicted molar refractivity (Wildman–Crippen MR) is 71.6 cm³/mol. The van der Waals surface area contributed by atoms with Gasteiger partial charge in [-0.1, -0.05) is 25.1 Å². The molecule has 6 heteroatoms. The second kappa shape index (κ2) is 5.41. The number of hydrogen-bond acceptors (Lipinski definition) is 4. The SMILES string of the molecule is CC[C@@H](N)c1ccccc1Sc1n[nH]c(=O)n1C. The number of aromatic amines is 1. The van der Waals surface area contributed by atoms with Gasteiger partial charge < -0.3 is 5.73 Å². The van der Waals surface area contributed by atoms with Crippen LogP contribution in [0, 0.1) is 0 Å². The van der Waals surface area contributed by atoms with E-state index in [-0.39, 0.29) is 11.7 Å². The molecule has 0 fully saturated rings. The van der Waals surface area contributed by atoms with E-state index in [0.717, 1.165) is 16.9 Å². The largest absolute Gasteiger partial charge is 0.343 e. The summed E-state index contributed by atoms with van der Waals surface area (Å²) >= 11 is 1.45. The topological polar surface area (TPSA) is 76.7 Å². The number of rotatable bonds is 4. The molecular formula is C12H16N4OS. The summed E-state index contributed by atoms with van der Waals surface area (Å²) in [5.74, 6) is 0. The molecule has 0 aliphatic heterocycles. The fraction of sp³-hybridized carbons (Fsp3) is 0.333. The molecule has 0 aliphatic rings. The summed E-state index contributed by atoms with van der Waals surface area (Å²) in [6, 6.07) is 7.94. The monoisotopic (exact) mass is 264 g/mol. The molecule has 2 aromatic rings. The first-order valence-electron chi connectivity index (χ1n) is 5.77. The highest BCUT2D eigenvalue weighted by Crippen LogP contribution is 2.31. The summed E-state index contributed by atoms with van der Waals surface area (Å²) in [4.78, 5) is 12.3. The Morgan fingerprint density at radius 1 is 1.50 bits per heavy atom. The average molecular weight is 264 g/mol. The molecule has 2 rings (SSSR count). The maximum Gasteiger partial charge on any atom is 0.343 e. The lowest BCUT2D eigenvalue weighted by molar-refractivity contribution is 0.684. The molecule has 5 nitrogen and oxygen atoms in total. The first kappa shape index (κ1) is 12.9. The van der Waals surface area contributed by atoms with Gasteiger partial charge in [0.05, 0.1) is 0 Å². The zero-order valence-corrected chi connectivity index (χ0v) is 11.2. The van der Waals surface area contributed by atoms with Crippen molar-refractivity contribution in [3.05, 3.63) is 40.3 Å². The summed E-state index contributed by atoms with van der Waals surface area (Å²) in [5, 5.41) is 7.04. The molecule has 0 bridgehead atoms. The molecule has 1 heterocycles. The van der Waals surface area contributed by atoms with Crippen LogP contribution in [0.4, 0.5) is 0 Å². The van der Waals surface area contributed by atoms with Gasteiger partial charge in [-0.15, -0.1) is 5.10 Å². The van der Waals surface area contributed by atoms with E-state index < -0.39 is 0 Å². The average Bonchev–Trinajstić information content (AvgIpc) is 2.70. The molecule has 3 N–H and O–H groups in total. The number of hydrogen-bond donors (Lipinski definition) is 2. The second-order valence-electron chi connectivity index (χ2n) is 4.02. The number of nitrogens with zero attached hydrogens (tertiary/aromatic N) is 2. The molecule has 0 radical (unpaired) electrons. The summed E-state index contributed by atoms with van der Waals surface area (Å²) in [6.07, 6.45) is 0.872. The van der Waals surface area contributed by atoms with Gasteiger partial charge in [0.1, 0.15) is 0 Å². The van der Waals surface area contributed by atoms with Crippen molar-refractivity contribution in [1.29, 1.82) is 0 Å². The summed E-state index contributed by atoms with van der Waals surface area (Å²) < 4.78 is 1.49. The van der Waals surface area contributed by atoms with Gasteiger partial charge in [-0.05, 0) is 29.8 Å². The van der Waals surface area contributed by atoms with Crippen LogP contribution in [-0.4, -0.2) is 14.8 Å². The molecular weight excluding hydrogens is 248 g/mol. The third kappa shape index (κ3) is 2.49.